The number of fused-ring (bicyclic) bond motifs is 1. The number of hydrogen-bond acceptors (Lipinski definition) is 4. The van der Waals surface area contributed by atoms with Gasteiger partial charge in [0.2, 0.25) is 5.95 Å². The zero-order valence-electron chi connectivity index (χ0n) is 10.7. The highest BCUT2D eigenvalue weighted by molar-refractivity contribution is 7.93. The third-order valence-electron chi connectivity index (χ3n) is 2.88. The van der Waals surface area contributed by atoms with Gasteiger partial charge in [0.25, 0.3) is 10.0 Å². The molecule has 0 unspecified atom stereocenters. The van der Waals surface area contributed by atoms with Gasteiger partial charge in [0.1, 0.15) is 5.82 Å². The van der Waals surface area contributed by atoms with E-state index in [2.05, 4.69) is 14.7 Å². The minimum Gasteiger partial charge on any atom is -0.264 e. The molecular weight excluding hydrogens is 293 g/mol. The first-order chi connectivity index (χ1) is 10.1. The zero-order valence-corrected chi connectivity index (χ0v) is 11.5. The molecule has 3 aromatic rings. The van der Waals surface area contributed by atoms with Gasteiger partial charge in [-0.3, -0.25) is 9.71 Å². The van der Waals surface area contributed by atoms with Crippen molar-refractivity contribution >= 4 is 26.6 Å². The lowest BCUT2D eigenvalue weighted by atomic mass is 10.2. The quantitative estimate of drug-likeness (QED) is 0.755. The van der Waals surface area contributed by atoms with E-state index in [1.165, 1.54) is 24.4 Å². The number of pyridine rings is 2. The lowest BCUT2D eigenvalue weighted by Gasteiger charge is -2.09. The van der Waals surface area contributed by atoms with Gasteiger partial charge in [-0.1, -0.05) is 18.2 Å². The van der Waals surface area contributed by atoms with E-state index in [1.807, 2.05) is 0 Å². The van der Waals surface area contributed by atoms with Crippen molar-refractivity contribution in [3.05, 3.63) is 60.8 Å². The molecule has 21 heavy (non-hydrogen) atoms. The number of rotatable bonds is 3. The lowest BCUT2D eigenvalue weighted by molar-refractivity contribution is 0.584. The molecule has 0 bridgehead atoms. The van der Waals surface area contributed by atoms with Crippen LogP contribution in [0, 0.1) is 5.95 Å². The van der Waals surface area contributed by atoms with Crippen LogP contribution >= 0.6 is 0 Å². The molecule has 0 fully saturated rings. The van der Waals surface area contributed by atoms with E-state index >= 15 is 0 Å². The monoisotopic (exact) mass is 303 g/mol. The minimum atomic E-state index is -3.86. The fraction of sp³-hybridized carbons (Fsp3) is 0. The van der Waals surface area contributed by atoms with Gasteiger partial charge in [-0.05, 0) is 24.3 Å². The first-order valence-corrected chi connectivity index (χ1v) is 7.53. The summed E-state index contributed by atoms with van der Waals surface area (Å²) in [5.74, 6) is -0.821. The van der Waals surface area contributed by atoms with Crippen molar-refractivity contribution in [3.63, 3.8) is 0 Å². The summed E-state index contributed by atoms with van der Waals surface area (Å²) >= 11 is 0. The molecule has 0 amide bonds. The first-order valence-electron chi connectivity index (χ1n) is 6.04. The Hall–Kier alpha value is -2.54. The fourth-order valence-electron chi connectivity index (χ4n) is 1.98. The van der Waals surface area contributed by atoms with Crippen molar-refractivity contribution in [2.45, 2.75) is 4.90 Å². The van der Waals surface area contributed by atoms with Gasteiger partial charge >= 0.3 is 0 Å². The van der Waals surface area contributed by atoms with Gasteiger partial charge in [-0.15, -0.1) is 0 Å². The van der Waals surface area contributed by atoms with Gasteiger partial charge < -0.3 is 0 Å². The average Bonchev–Trinajstić information content (AvgIpc) is 2.46. The molecule has 0 saturated heterocycles. The van der Waals surface area contributed by atoms with Crippen LogP contribution in [0.15, 0.2) is 59.8 Å². The van der Waals surface area contributed by atoms with Crippen LogP contribution in [0.25, 0.3) is 10.8 Å². The Morgan fingerprint density at radius 1 is 1.05 bits per heavy atom. The number of sulfonamides is 1. The summed E-state index contributed by atoms with van der Waals surface area (Å²) < 4.78 is 40.2. The molecular formula is C14H10FN3O2S. The van der Waals surface area contributed by atoms with Crippen LogP contribution in [0.3, 0.4) is 0 Å². The van der Waals surface area contributed by atoms with E-state index in [0.29, 0.717) is 10.8 Å². The van der Waals surface area contributed by atoms with E-state index in [9.17, 15) is 12.8 Å². The Labute approximate surface area is 120 Å². The summed E-state index contributed by atoms with van der Waals surface area (Å²) in [6.45, 7) is 0. The predicted octanol–water partition coefficient (Wildman–Crippen LogP) is 2.57. The van der Waals surface area contributed by atoms with Crippen LogP contribution < -0.4 is 4.72 Å². The number of aromatic nitrogens is 2. The van der Waals surface area contributed by atoms with Crippen LogP contribution in [-0.2, 0) is 10.0 Å². The molecule has 0 aliphatic carbocycles. The Kier molecular flexibility index (Phi) is 3.26. The van der Waals surface area contributed by atoms with Crippen LogP contribution in [0.5, 0.6) is 0 Å². The number of nitrogens with one attached hydrogen (secondary N) is 1. The van der Waals surface area contributed by atoms with Crippen molar-refractivity contribution < 1.29 is 12.8 Å². The van der Waals surface area contributed by atoms with Crippen molar-refractivity contribution in [1.82, 2.24) is 9.97 Å². The van der Waals surface area contributed by atoms with E-state index in [-0.39, 0.29) is 10.7 Å². The van der Waals surface area contributed by atoms with Crippen molar-refractivity contribution in [1.29, 1.82) is 0 Å². The lowest BCUT2D eigenvalue weighted by Crippen LogP contribution is -2.14. The van der Waals surface area contributed by atoms with Gasteiger partial charge in [-0.2, -0.15) is 4.39 Å². The molecule has 0 atom stereocenters. The fourth-order valence-corrected chi connectivity index (χ4v) is 3.22. The maximum Gasteiger partial charge on any atom is 0.263 e. The first kappa shape index (κ1) is 13.4. The third kappa shape index (κ3) is 2.68. The summed E-state index contributed by atoms with van der Waals surface area (Å²) in [5, 5.41) is 1.24. The normalized spacial score (nSPS) is 11.5. The molecule has 0 aliphatic rings. The predicted molar refractivity (Wildman–Crippen MR) is 76.7 cm³/mol. The summed E-state index contributed by atoms with van der Waals surface area (Å²) in [6, 6.07) is 10.4. The molecule has 106 valence electrons. The molecule has 0 spiro atoms. The Bertz CT molecular complexity index is 907. The van der Waals surface area contributed by atoms with Crippen molar-refractivity contribution in [3.8, 4) is 0 Å². The smallest absolute Gasteiger partial charge is 0.263 e. The molecule has 1 N–H and O–H groups in total. The largest absolute Gasteiger partial charge is 0.264 e. The number of halogens is 1. The second kappa shape index (κ2) is 5.10. The molecule has 0 radical (unpaired) electrons. The molecule has 2 aromatic heterocycles. The Morgan fingerprint density at radius 2 is 1.86 bits per heavy atom. The second-order valence-electron chi connectivity index (χ2n) is 4.30. The highest BCUT2D eigenvalue weighted by Gasteiger charge is 2.18. The van der Waals surface area contributed by atoms with Crippen LogP contribution in [0.4, 0.5) is 10.2 Å². The zero-order chi connectivity index (χ0) is 14.9. The summed E-state index contributed by atoms with van der Waals surface area (Å²) in [4.78, 5) is 7.54. The van der Waals surface area contributed by atoms with Crippen LogP contribution in [-0.4, -0.2) is 18.4 Å². The van der Waals surface area contributed by atoms with Crippen molar-refractivity contribution in [2.75, 3.05) is 4.72 Å². The number of benzene rings is 1. The molecule has 5 nitrogen and oxygen atoms in total. The summed E-state index contributed by atoms with van der Waals surface area (Å²) in [7, 11) is -3.86. The molecule has 1 aromatic carbocycles. The van der Waals surface area contributed by atoms with E-state index in [4.69, 9.17) is 0 Å². The van der Waals surface area contributed by atoms with Crippen LogP contribution in [0.1, 0.15) is 0 Å². The van der Waals surface area contributed by atoms with Gasteiger partial charge in [0, 0.05) is 23.2 Å². The average molecular weight is 303 g/mol. The Balaban J connectivity index is 2.09. The minimum absolute atomic E-state index is 0.0685. The standard InChI is InChI=1S/C14H10FN3O2S/c15-13-5-2-6-14(17-13)18-21(19,20)12-4-1-3-10-9-16-8-7-11(10)12/h1-9H,(H,17,18). The molecule has 7 heteroatoms. The van der Waals surface area contributed by atoms with Gasteiger partial charge in [-0.25, -0.2) is 13.4 Å². The van der Waals surface area contributed by atoms with Gasteiger partial charge in [0.15, 0.2) is 0 Å². The van der Waals surface area contributed by atoms with E-state index in [0.717, 1.165) is 6.07 Å². The van der Waals surface area contributed by atoms with E-state index < -0.39 is 16.0 Å². The highest BCUT2D eigenvalue weighted by Crippen LogP contribution is 2.23. The third-order valence-corrected chi connectivity index (χ3v) is 4.30. The number of hydrogen-bond donors (Lipinski definition) is 1. The molecule has 3 rings (SSSR count). The molecule has 0 aliphatic heterocycles. The highest BCUT2D eigenvalue weighted by atomic mass is 32.2. The summed E-state index contributed by atoms with van der Waals surface area (Å²) in [5.41, 5.74) is 0. The second-order valence-corrected chi connectivity index (χ2v) is 5.95. The topological polar surface area (TPSA) is 72.0 Å². The maximum absolute atomic E-state index is 13.0. The SMILES string of the molecule is O=S(=O)(Nc1cccc(F)n1)c1cccc2cnccc12. The van der Waals surface area contributed by atoms with Gasteiger partial charge in [0.05, 0.1) is 4.90 Å². The van der Waals surface area contributed by atoms with Crippen molar-refractivity contribution in [2.24, 2.45) is 0 Å². The Morgan fingerprint density at radius 3 is 2.67 bits per heavy atom. The maximum atomic E-state index is 13.0. The van der Waals surface area contributed by atoms with E-state index in [1.54, 1.807) is 24.4 Å². The van der Waals surface area contributed by atoms with Crippen LogP contribution in [0.2, 0.25) is 0 Å². The molecule has 0 saturated carbocycles. The number of nitrogens with zero attached hydrogens (tertiary/aromatic N) is 2. The summed E-state index contributed by atoms with van der Waals surface area (Å²) in [6.07, 6.45) is 3.09. The number of anilines is 1. The molecule has 2 heterocycles.